The minimum atomic E-state index is -4.13. The fourth-order valence-corrected chi connectivity index (χ4v) is 2.06. The first-order valence-electron chi connectivity index (χ1n) is 5.85. The van der Waals surface area contributed by atoms with Gasteiger partial charge in [-0.3, -0.25) is 9.69 Å². The molecule has 0 radical (unpaired) electrons. The summed E-state index contributed by atoms with van der Waals surface area (Å²) in [4.78, 5) is 12.6. The van der Waals surface area contributed by atoms with Crippen molar-refractivity contribution in [3.63, 3.8) is 0 Å². The maximum atomic E-state index is 12.1. The van der Waals surface area contributed by atoms with Gasteiger partial charge < -0.3 is 4.74 Å². The average molecular weight is 253 g/mol. The van der Waals surface area contributed by atoms with Crippen LogP contribution in [0.25, 0.3) is 0 Å². The molecular formula is C11H18F3NO2. The first kappa shape index (κ1) is 14.3. The molecule has 0 aromatic rings. The van der Waals surface area contributed by atoms with Gasteiger partial charge in [0.2, 0.25) is 0 Å². The monoisotopic (exact) mass is 253 g/mol. The summed E-state index contributed by atoms with van der Waals surface area (Å²) in [6, 6.07) is 0. The quantitative estimate of drug-likeness (QED) is 0.719. The molecule has 0 unspecified atom stereocenters. The number of piperidine rings is 1. The molecule has 3 nitrogen and oxygen atoms in total. The van der Waals surface area contributed by atoms with Crippen molar-refractivity contribution in [1.29, 1.82) is 0 Å². The van der Waals surface area contributed by atoms with Crippen LogP contribution in [-0.2, 0) is 9.53 Å². The van der Waals surface area contributed by atoms with Gasteiger partial charge in [-0.15, -0.1) is 0 Å². The molecule has 0 aromatic carbocycles. The van der Waals surface area contributed by atoms with Crippen LogP contribution in [-0.4, -0.2) is 43.3 Å². The summed E-state index contributed by atoms with van der Waals surface area (Å²) < 4.78 is 41.2. The van der Waals surface area contributed by atoms with Gasteiger partial charge in [0.1, 0.15) is 0 Å². The minimum Gasteiger partial charge on any atom is -0.466 e. The Morgan fingerprint density at radius 1 is 1.35 bits per heavy atom. The number of hydrogen-bond donors (Lipinski definition) is 0. The highest BCUT2D eigenvalue weighted by Gasteiger charge is 2.32. The van der Waals surface area contributed by atoms with Gasteiger partial charge in [0, 0.05) is 6.42 Å². The third-order valence-corrected chi connectivity index (χ3v) is 2.87. The number of nitrogens with zero attached hydrogens (tertiary/aromatic N) is 1. The molecular weight excluding hydrogens is 235 g/mol. The number of ether oxygens (including phenoxy) is 1. The second kappa shape index (κ2) is 6.23. The number of hydrogen-bond acceptors (Lipinski definition) is 3. The van der Waals surface area contributed by atoms with E-state index in [1.54, 1.807) is 6.92 Å². The molecule has 100 valence electrons. The van der Waals surface area contributed by atoms with Crippen molar-refractivity contribution < 1.29 is 22.7 Å². The number of esters is 1. The Bertz CT molecular complexity index is 248. The zero-order valence-corrected chi connectivity index (χ0v) is 9.92. The molecule has 1 aliphatic rings. The summed E-state index contributed by atoms with van der Waals surface area (Å²) in [7, 11) is 0. The lowest BCUT2D eigenvalue weighted by molar-refractivity contribution is -0.151. The maximum Gasteiger partial charge on any atom is 0.401 e. The SMILES string of the molecule is CCOC(=O)CC1CCN(CC(F)(F)F)CC1. The van der Waals surface area contributed by atoms with Crippen LogP contribution >= 0.6 is 0 Å². The smallest absolute Gasteiger partial charge is 0.401 e. The van der Waals surface area contributed by atoms with E-state index < -0.39 is 12.7 Å². The van der Waals surface area contributed by atoms with Gasteiger partial charge in [-0.2, -0.15) is 13.2 Å². The first-order chi connectivity index (χ1) is 7.90. The Labute approximate surface area is 98.9 Å². The minimum absolute atomic E-state index is 0.165. The molecule has 0 amide bonds. The van der Waals surface area contributed by atoms with E-state index in [1.807, 2.05) is 0 Å². The van der Waals surface area contributed by atoms with Crippen LogP contribution in [0.4, 0.5) is 13.2 Å². The van der Waals surface area contributed by atoms with E-state index in [4.69, 9.17) is 4.74 Å². The van der Waals surface area contributed by atoms with Crippen LogP contribution < -0.4 is 0 Å². The van der Waals surface area contributed by atoms with Crippen molar-refractivity contribution in [2.24, 2.45) is 5.92 Å². The summed E-state index contributed by atoms with van der Waals surface area (Å²) in [6.07, 6.45) is -2.54. The number of alkyl halides is 3. The standard InChI is InChI=1S/C11H18F3NO2/c1-2-17-10(16)7-9-3-5-15(6-4-9)8-11(12,13)14/h9H,2-8H2,1H3. The Morgan fingerprint density at radius 3 is 2.41 bits per heavy atom. The largest absolute Gasteiger partial charge is 0.466 e. The first-order valence-corrected chi connectivity index (χ1v) is 5.85. The van der Waals surface area contributed by atoms with Crippen molar-refractivity contribution in [1.82, 2.24) is 4.90 Å². The molecule has 1 saturated heterocycles. The molecule has 0 aliphatic carbocycles. The van der Waals surface area contributed by atoms with Crippen LogP contribution in [0.15, 0.2) is 0 Å². The van der Waals surface area contributed by atoms with Crippen molar-refractivity contribution in [3.8, 4) is 0 Å². The van der Waals surface area contributed by atoms with Crippen LogP contribution in [0.5, 0.6) is 0 Å². The molecule has 0 atom stereocenters. The summed E-state index contributed by atoms with van der Waals surface area (Å²) >= 11 is 0. The molecule has 0 spiro atoms. The van der Waals surface area contributed by atoms with Gasteiger partial charge >= 0.3 is 12.1 Å². The predicted octanol–water partition coefficient (Wildman–Crippen LogP) is 2.21. The van der Waals surface area contributed by atoms with Crippen LogP contribution in [0.2, 0.25) is 0 Å². The molecule has 1 heterocycles. The lowest BCUT2D eigenvalue weighted by Crippen LogP contribution is -2.40. The summed E-state index contributed by atoms with van der Waals surface area (Å²) in [5.41, 5.74) is 0. The van der Waals surface area contributed by atoms with Crippen molar-refractivity contribution in [3.05, 3.63) is 0 Å². The van der Waals surface area contributed by atoms with E-state index in [-0.39, 0.29) is 11.9 Å². The lowest BCUT2D eigenvalue weighted by Gasteiger charge is -2.31. The zero-order valence-electron chi connectivity index (χ0n) is 9.92. The summed E-state index contributed by atoms with van der Waals surface area (Å²) in [5.74, 6) is -0.0831. The van der Waals surface area contributed by atoms with E-state index in [9.17, 15) is 18.0 Å². The fourth-order valence-electron chi connectivity index (χ4n) is 2.06. The number of carbonyl (C=O) groups is 1. The molecule has 0 aromatic heterocycles. The zero-order chi connectivity index (χ0) is 12.9. The number of carbonyl (C=O) groups excluding carboxylic acids is 1. The summed E-state index contributed by atoms with van der Waals surface area (Å²) in [5, 5.41) is 0. The Morgan fingerprint density at radius 2 is 1.94 bits per heavy atom. The van der Waals surface area contributed by atoms with Crippen LogP contribution in [0, 0.1) is 5.92 Å². The van der Waals surface area contributed by atoms with Gasteiger partial charge in [-0.1, -0.05) is 0 Å². The molecule has 1 fully saturated rings. The van der Waals surface area contributed by atoms with Crippen molar-refractivity contribution in [2.45, 2.75) is 32.4 Å². The highest BCUT2D eigenvalue weighted by Crippen LogP contribution is 2.24. The maximum absolute atomic E-state index is 12.1. The van der Waals surface area contributed by atoms with E-state index in [0.717, 1.165) is 0 Å². The fraction of sp³-hybridized carbons (Fsp3) is 0.909. The second-order valence-electron chi connectivity index (χ2n) is 4.34. The van der Waals surface area contributed by atoms with E-state index in [2.05, 4.69) is 0 Å². The van der Waals surface area contributed by atoms with Crippen molar-refractivity contribution in [2.75, 3.05) is 26.2 Å². The van der Waals surface area contributed by atoms with Gasteiger partial charge in [0.15, 0.2) is 0 Å². The predicted molar refractivity (Wildman–Crippen MR) is 56.5 cm³/mol. The summed E-state index contributed by atoms with van der Waals surface area (Å²) in [6.45, 7) is 2.06. The highest BCUT2D eigenvalue weighted by molar-refractivity contribution is 5.69. The van der Waals surface area contributed by atoms with E-state index in [0.29, 0.717) is 39.0 Å². The molecule has 0 bridgehead atoms. The van der Waals surface area contributed by atoms with Crippen LogP contribution in [0.3, 0.4) is 0 Å². The molecule has 1 rings (SSSR count). The Balaban J connectivity index is 2.24. The third kappa shape index (κ3) is 5.91. The van der Waals surface area contributed by atoms with Gasteiger partial charge in [-0.25, -0.2) is 0 Å². The highest BCUT2D eigenvalue weighted by atomic mass is 19.4. The molecule has 17 heavy (non-hydrogen) atoms. The Hall–Kier alpha value is -0.780. The third-order valence-electron chi connectivity index (χ3n) is 2.87. The number of halogens is 3. The van der Waals surface area contributed by atoms with Gasteiger partial charge in [0.25, 0.3) is 0 Å². The van der Waals surface area contributed by atoms with E-state index in [1.165, 1.54) is 4.90 Å². The normalized spacial score (nSPS) is 19.3. The average Bonchev–Trinajstić information content (AvgIpc) is 2.19. The molecule has 1 aliphatic heterocycles. The molecule has 6 heteroatoms. The lowest BCUT2D eigenvalue weighted by atomic mass is 9.93. The molecule has 0 saturated carbocycles. The van der Waals surface area contributed by atoms with E-state index >= 15 is 0 Å². The van der Waals surface area contributed by atoms with Gasteiger partial charge in [-0.05, 0) is 38.8 Å². The molecule has 0 N–H and O–H groups in total. The van der Waals surface area contributed by atoms with Crippen molar-refractivity contribution >= 4 is 5.97 Å². The Kier molecular flexibility index (Phi) is 5.24. The van der Waals surface area contributed by atoms with Crippen LogP contribution in [0.1, 0.15) is 26.2 Å². The van der Waals surface area contributed by atoms with Gasteiger partial charge in [0.05, 0.1) is 13.2 Å². The number of likely N-dealkylation sites (tertiary alicyclic amines) is 1. The second-order valence-corrected chi connectivity index (χ2v) is 4.34. The number of rotatable bonds is 4. The topological polar surface area (TPSA) is 29.5 Å².